The molecule has 0 aromatic heterocycles. The summed E-state index contributed by atoms with van der Waals surface area (Å²) in [4.78, 5) is 76.0. The number of hydrogen-bond donors (Lipinski definition) is 7. The second kappa shape index (κ2) is 35.9. The van der Waals surface area contributed by atoms with Crippen molar-refractivity contribution >= 4 is 36.2 Å². The van der Waals surface area contributed by atoms with E-state index >= 15 is 0 Å². The van der Waals surface area contributed by atoms with Crippen molar-refractivity contribution in [1.29, 1.82) is 0 Å². The van der Waals surface area contributed by atoms with Gasteiger partial charge in [-0.25, -0.2) is 19.2 Å². The van der Waals surface area contributed by atoms with Crippen molar-refractivity contribution in [2.24, 2.45) is 0 Å². The van der Waals surface area contributed by atoms with Crippen LogP contribution >= 0.6 is 0 Å². The summed E-state index contributed by atoms with van der Waals surface area (Å²) >= 11 is 0. The van der Waals surface area contributed by atoms with Gasteiger partial charge in [0.05, 0.1) is 0 Å². The number of carbonyl (C=O) groups is 6. The van der Waals surface area contributed by atoms with Crippen LogP contribution in [0.2, 0.25) is 0 Å². The van der Waals surface area contributed by atoms with Crippen molar-refractivity contribution < 1.29 is 47.7 Å². The Morgan fingerprint density at radius 2 is 0.606 bits per heavy atom. The minimum absolute atomic E-state index is 0.0739. The molecule has 0 spiro atoms. The summed E-state index contributed by atoms with van der Waals surface area (Å²) in [6.07, 6.45) is 6.39. The Bertz CT molecular complexity index is 1950. The van der Waals surface area contributed by atoms with Gasteiger partial charge in [0.1, 0.15) is 38.5 Å². The molecule has 0 saturated heterocycles. The monoisotopic (exact) mass is 980 g/mol. The number of carbonyl (C=O) groups excluding carboxylic acids is 6. The number of ether oxygens (including phenoxy) is 4. The highest BCUT2D eigenvalue weighted by Crippen LogP contribution is 2.08. The van der Waals surface area contributed by atoms with E-state index in [4.69, 9.17) is 18.9 Å². The van der Waals surface area contributed by atoms with E-state index in [-0.39, 0.29) is 51.3 Å². The van der Waals surface area contributed by atoms with Crippen molar-refractivity contribution in [3.8, 4) is 0 Å². The summed E-state index contributed by atoms with van der Waals surface area (Å²) in [5, 5.41) is 20.1. The molecule has 0 aliphatic heterocycles. The average Bonchev–Trinajstić information content (AvgIpc) is 3.40. The third-order valence-corrected chi connectivity index (χ3v) is 11.1. The highest BCUT2D eigenvalue weighted by Gasteiger charge is 2.23. The van der Waals surface area contributed by atoms with Crippen LogP contribution in [-0.4, -0.2) is 87.5 Å². The molecule has 0 heterocycles. The first-order valence-corrected chi connectivity index (χ1v) is 24.8. The fourth-order valence-electron chi connectivity index (χ4n) is 7.14. The number of amides is 6. The number of nitrogens with one attached hydrogen (secondary N) is 7. The maximum atomic E-state index is 13.2. The number of alkyl carbamates (subject to hydrolysis) is 4. The zero-order valence-corrected chi connectivity index (χ0v) is 40.8. The molecule has 0 bridgehead atoms. The van der Waals surface area contributed by atoms with Gasteiger partial charge in [0.2, 0.25) is 11.8 Å². The Morgan fingerprint density at radius 1 is 0.324 bits per heavy atom. The summed E-state index contributed by atoms with van der Waals surface area (Å²) in [6.45, 7) is 3.70. The Morgan fingerprint density at radius 3 is 0.930 bits per heavy atom. The first-order valence-electron chi connectivity index (χ1n) is 24.8. The van der Waals surface area contributed by atoms with Crippen LogP contribution in [0.25, 0.3) is 0 Å². The molecular formula is C54H73N7O10. The van der Waals surface area contributed by atoms with E-state index in [0.29, 0.717) is 38.8 Å². The van der Waals surface area contributed by atoms with Gasteiger partial charge in [-0.1, -0.05) is 147 Å². The Labute approximate surface area is 418 Å². The van der Waals surface area contributed by atoms with E-state index in [2.05, 4.69) is 37.2 Å². The fourth-order valence-corrected chi connectivity index (χ4v) is 7.14. The van der Waals surface area contributed by atoms with Crippen LogP contribution in [-0.2, 0) is 55.0 Å². The molecule has 7 N–H and O–H groups in total. The molecule has 0 radical (unpaired) electrons. The lowest BCUT2D eigenvalue weighted by Crippen LogP contribution is -2.47. The third kappa shape index (κ3) is 27.0. The van der Waals surface area contributed by atoms with Gasteiger partial charge < -0.3 is 56.2 Å². The maximum absolute atomic E-state index is 13.2. The quantitative estimate of drug-likeness (QED) is 0.0176. The predicted molar refractivity (Wildman–Crippen MR) is 271 cm³/mol. The van der Waals surface area contributed by atoms with Crippen molar-refractivity contribution in [1.82, 2.24) is 37.2 Å². The molecule has 0 saturated carbocycles. The normalized spacial score (nSPS) is 11.5. The van der Waals surface area contributed by atoms with Crippen LogP contribution in [0.5, 0.6) is 0 Å². The summed E-state index contributed by atoms with van der Waals surface area (Å²) < 4.78 is 21.2. The van der Waals surface area contributed by atoms with E-state index < -0.39 is 36.5 Å². The lowest BCUT2D eigenvalue weighted by atomic mass is 10.1. The van der Waals surface area contributed by atoms with E-state index in [1.165, 1.54) is 0 Å². The van der Waals surface area contributed by atoms with Crippen molar-refractivity contribution in [3.05, 3.63) is 144 Å². The summed E-state index contributed by atoms with van der Waals surface area (Å²) in [5.41, 5.74) is 3.41. The zero-order valence-electron chi connectivity index (χ0n) is 40.8. The second-order valence-electron chi connectivity index (χ2n) is 16.9. The topological polar surface area (TPSA) is 224 Å². The first kappa shape index (κ1) is 56.4. The highest BCUT2D eigenvalue weighted by molar-refractivity contribution is 5.86. The fraction of sp³-hybridized carbons (Fsp3) is 0.444. The van der Waals surface area contributed by atoms with Crippen LogP contribution in [0.1, 0.15) is 99.3 Å². The highest BCUT2D eigenvalue weighted by atomic mass is 16.6. The molecular weight excluding hydrogens is 907 g/mol. The Kier molecular flexibility index (Phi) is 28.5. The largest absolute Gasteiger partial charge is 0.445 e. The lowest BCUT2D eigenvalue weighted by molar-refractivity contribution is -0.124. The molecule has 0 fully saturated rings. The molecule has 4 aromatic rings. The molecule has 4 aromatic carbocycles. The summed E-state index contributed by atoms with van der Waals surface area (Å²) in [6, 6.07) is 35.6. The summed E-state index contributed by atoms with van der Waals surface area (Å²) in [7, 11) is 0. The molecule has 0 unspecified atom stereocenters. The van der Waals surface area contributed by atoms with Crippen molar-refractivity contribution in [2.75, 3.05) is 39.3 Å². The van der Waals surface area contributed by atoms with E-state index in [0.717, 1.165) is 86.7 Å². The van der Waals surface area contributed by atoms with Gasteiger partial charge in [-0.2, -0.15) is 0 Å². The van der Waals surface area contributed by atoms with Gasteiger partial charge >= 0.3 is 24.4 Å². The molecule has 17 nitrogen and oxygen atoms in total. The molecule has 71 heavy (non-hydrogen) atoms. The van der Waals surface area contributed by atoms with E-state index in [1.807, 2.05) is 121 Å². The van der Waals surface area contributed by atoms with Gasteiger partial charge in [0.25, 0.3) is 0 Å². The van der Waals surface area contributed by atoms with Crippen LogP contribution in [0.15, 0.2) is 121 Å². The number of benzene rings is 4. The molecule has 384 valence electrons. The molecule has 17 heteroatoms. The molecule has 6 amide bonds. The minimum Gasteiger partial charge on any atom is -0.445 e. The van der Waals surface area contributed by atoms with Crippen LogP contribution in [0.3, 0.4) is 0 Å². The van der Waals surface area contributed by atoms with Crippen LogP contribution in [0, 0.1) is 0 Å². The van der Waals surface area contributed by atoms with E-state index in [9.17, 15) is 28.8 Å². The molecule has 0 aliphatic rings. The van der Waals surface area contributed by atoms with Gasteiger partial charge in [0.15, 0.2) is 0 Å². The van der Waals surface area contributed by atoms with Gasteiger partial charge in [-0.05, 0) is 86.7 Å². The SMILES string of the molecule is O=C(NCCC[C@@H](NC(=O)OCc1ccccc1)C(=O)NCCCCCCNCCCCCCNC(=O)[C@@H](CCCNC(=O)OCc1ccccc1)NC(=O)OCc1ccccc1)OCc1ccccc1. The van der Waals surface area contributed by atoms with E-state index in [1.54, 1.807) is 0 Å². The maximum Gasteiger partial charge on any atom is 0.408 e. The van der Waals surface area contributed by atoms with Gasteiger partial charge in [0, 0.05) is 26.2 Å². The second-order valence-corrected chi connectivity index (χ2v) is 16.9. The van der Waals surface area contributed by atoms with Crippen molar-refractivity contribution in [3.63, 3.8) is 0 Å². The van der Waals surface area contributed by atoms with Gasteiger partial charge in [-0.3, -0.25) is 9.59 Å². The molecule has 2 atom stereocenters. The Hall–Kier alpha value is -7.14. The smallest absolute Gasteiger partial charge is 0.408 e. The first-order chi connectivity index (χ1) is 34.7. The molecule has 4 rings (SSSR count). The predicted octanol–water partition coefficient (Wildman–Crippen LogP) is 7.93. The zero-order chi connectivity index (χ0) is 50.4. The Balaban J connectivity index is 1.03. The lowest BCUT2D eigenvalue weighted by Gasteiger charge is -2.18. The summed E-state index contributed by atoms with van der Waals surface area (Å²) in [5.74, 6) is -0.619. The molecule has 0 aliphatic carbocycles. The number of rotatable bonds is 34. The van der Waals surface area contributed by atoms with Crippen LogP contribution in [0.4, 0.5) is 19.2 Å². The van der Waals surface area contributed by atoms with Crippen molar-refractivity contribution in [2.45, 2.75) is 116 Å². The van der Waals surface area contributed by atoms with Gasteiger partial charge in [-0.15, -0.1) is 0 Å². The average molecular weight is 980 g/mol. The number of hydrogen-bond acceptors (Lipinski definition) is 11. The third-order valence-electron chi connectivity index (χ3n) is 11.1. The number of unbranched alkanes of at least 4 members (excludes halogenated alkanes) is 6. The van der Waals surface area contributed by atoms with Crippen LogP contribution < -0.4 is 37.2 Å². The minimum atomic E-state index is -0.837. The standard InChI is InChI=1S/C54H73N7O10/c62-49(47(60-53(66)70-41-45-27-13-7-14-28-45)31-21-37-58-51(64)68-39-43-23-9-5-10-24-43)56-35-19-3-1-17-33-55-34-18-2-4-20-36-57-50(63)48(61-54(67)71-42-46-29-15-8-16-30-46)32-22-38-59-52(65)69-40-44-25-11-6-12-26-44/h5-16,23-30,47-48,55H,1-4,17-22,31-42H2,(H,56,62)(H,57,63)(H,58,64)(H,59,65)(H,60,66)(H,61,67)/t47-,48-/m1/s1.